The van der Waals surface area contributed by atoms with E-state index in [2.05, 4.69) is 54.5 Å². The number of morpholine rings is 1. The molecular formula is C18H28N2O. The summed E-state index contributed by atoms with van der Waals surface area (Å²) in [4.78, 5) is 2.66. The molecule has 1 aliphatic carbocycles. The molecule has 1 aliphatic heterocycles. The van der Waals surface area contributed by atoms with Gasteiger partial charge in [0.1, 0.15) is 0 Å². The van der Waals surface area contributed by atoms with Gasteiger partial charge in [-0.1, -0.05) is 30.3 Å². The predicted molar refractivity (Wildman–Crippen MR) is 86.7 cm³/mol. The lowest BCUT2D eigenvalue weighted by Gasteiger charge is -2.45. The van der Waals surface area contributed by atoms with Crippen LogP contribution in [0, 0.1) is 0 Å². The van der Waals surface area contributed by atoms with Crippen molar-refractivity contribution in [1.29, 1.82) is 0 Å². The van der Waals surface area contributed by atoms with Gasteiger partial charge in [0, 0.05) is 25.2 Å². The normalized spacial score (nSPS) is 34.8. The van der Waals surface area contributed by atoms with Gasteiger partial charge in [-0.05, 0) is 44.7 Å². The Morgan fingerprint density at radius 2 is 2.00 bits per heavy atom. The molecule has 4 unspecified atom stereocenters. The van der Waals surface area contributed by atoms with Crippen molar-refractivity contribution in [2.75, 3.05) is 26.7 Å². The van der Waals surface area contributed by atoms with Gasteiger partial charge in [0.2, 0.25) is 0 Å². The standard InChI is InChI=1S/C18H28N2O/c1-14-13-20(10-11-21-14)18-12-16(8-9-17(18)19-2)15-6-4-3-5-7-15/h3-7,14,16-19H,8-13H2,1-2H3. The largest absolute Gasteiger partial charge is 0.376 e. The zero-order chi connectivity index (χ0) is 14.7. The second-order valence-electron chi connectivity index (χ2n) is 6.56. The summed E-state index contributed by atoms with van der Waals surface area (Å²) in [6.07, 6.45) is 4.20. The Bertz CT molecular complexity index is 436. The molecule has 0 aromatic heterocycles. The Balaban J connectivity index is 1.72. The highest BCUT2D eigenvalue weighted by Crippen LogP contribution is 2.35. The molecule has 21 heavy (non-hydrogen) atoms. The third-order valence-electron chi connectivity index (χ3n) is 5.20. The predicted octanol–water partition coefficient (Wildman–Crippen LogP) is 2.63. The summed E-state index contributed by atoms with van der Waals surface area (Å²) in [5, 5.41) is 3.56. The van der Waals surface area contributed by atoms with Gasteiger partial charge in [0.15, 0.2) is 0 Å². The van der Waals surface area contributed by atoms with Gasteiger partial charge in [0.05, 0.1) is 12.7 Å². The monoisotopic (exact) mass is 288 g/mol. The first-order valence-corrected chi connectivity index (χ1v) is 8.35. The number of hydrogen-bond acceptors (Lipinski definition) is 3. The number of ether oxygens (including phenoxy) is 1. The Kier molecular flexibility index (Phi) is 4.94. The molecule has 0 bridgehead atoms. The van der Waals surface area contributed by atoms with E-state index in [1.54, 1.807) is 0 Å². The van der Waals surface area contributed by atoms with E-state index in [4.69, 9.17) is 4.74 Å². The van der Waals surface area contributed by atoms with Crippen LogP contribution in [0.4, 0.5) is 0 Å². The molecule has 3 heteroatoms. The second kappa shape index (κ2) is 6.91. The van der Waals surface area contributed by atoms with E-state index < -0.39 is 0 Å². The third-order valence-corrected chi connectivity index (χ3v) is 5.20. The maximum Gasteiger partial charge on any atom is 0.0674 e. The van der Waals surface area contributed by atoms with E-state index in [-0.39, 0.29) is 0 Å². The topological polar surface area (TPSA) is 24.5 Å². The SMILES string of the molecule is CNC1CCC(c2ccccc2)CC1N1CCOC(C)C1. The van der Waals surface area contributed by atoms with Crippen LogP contribution in [-0.4, -0.2) is 49.8 Å². The molecular weight excluding hydrogens is 260 g/mol. The zero-order valence-corrected chi connectivity index (χ0v) is 13.3. The summed E-state index contributed by atoms with van der Waals surface area (Å²) in [6.45, 7) is 5.22. The lowest BCUT2D eigenvalue weighted by Crippen LogP contribution is -2.56. The van der Waals surface area contributed by atoms with Crippen LogP contribution < -0.4 is 5.32 Å². The molecule has 116 valence electrons. The van der Waals surface area contributed by atoms with E-state index in [9.17, 15) is 0 Å². The highest BCUT2D eigenvalue weighted by molar-refractivity contribution is 5.21. The van der Waals surface area contributed by atoms with Gasteiger partial charge in [-0.25, -0.2) is 0 Å². The number of hydrogen-bond donors (Lipinski definition) is 1. The molecule has 3 rings (SSSR count). The van der Waals surface area contributed by atoms with Gasteiger partial charge in [-0.3, -0.25) is 4.90 Å². The highest BCUT2D eigenvalue weighted by atomic mass is 16.5. The Hall–Kier alpha value is -0.900. The molecule has 1 saturated heterocycles. The Morgan fingerprint density at radius 1 is 1.19 bits per heavy atom. The molecule has 1 saturated carbocycles. The summed E-state index contributed by atoms with van der Waals surface area (Å²) in [7, 11) is 2.12. The molecule has 4 atom stereocenters. The van der Waals surface area contributed by atoms with Crippen molar-refractivity contribution in [3.63, 3.8) is 0 Å². The molecule has 3 nitrogen and oxygen atoms in total. The van der Waals surface area contributed by atoms with Gasteiger partial charge >= 0.3 is 0 Å². The van der Waals surface area contributed by atoms with Gasteiger partial charge in [-0.15, -0.1) is 0 Å². The van der Waals surface area contributed by atoms with E-state index in [0.29, 0.717) is 24.1 Å². The Morgan fingerprint density at radius 3 is 2.71 bits per heavy atom. The molecule has 1 aromatic carbocycles. The van der Waals surface area contributed by atoms with Gasteiger partial charge in [0.25, 0.3) is 0 Å². The van der Waals surface area contributed by atoms with Crippen LogP contribution in [0.3, 0.4) is 0 Å². The summed E-state index contributed by atoms with van der Waals surface area (Å²) in [6, 6.07) is 12.3. The molecule has 2 aliphatic rings. The van der Waals surface area contributed by atoms with Crippen LogP contribution in [0.1, 0.15) is 37.7 Å². The number of likely N-dealkylation sites (N-methyl/N-ethyl adjacent to an activating group) is 1. The number of nitrogens with zero attached hydrogens (tertiary/aromatic N) is 1. The number of benzene rings is 1. The molecule has 1 aromatic rings. The number of nitrogens with one attached hydrogen (secondary N) is 1. The van der Waals surface area contributed by atoms with Crippen LogP contribution >= 0.6 is 0 Å². The van der Waals surface area contributed by atoms with E-state index in [1.807, 2.05) is 0 Å². The maximum absolute atomic E-state index is 5.72. The minimum absolute atomic E-state index is 0.369. The van der Waals surface area contributed by atoms with Crippen LogP contribution in [-0.2, 0) is 4.74 Å². The fraction of sp³-hybridized carbons (Fsp3) is 0.667. The first-order chi connectivity index (χ1) is 10.3. The highest BCUT2D eigenvalue weighted by Gasteiger charge is 2.35. The van der Waals surface area contributed by atoms with Crippen LogP contribution in [0.15, 0.2) is 30.3 Å². The molecule has 1 heterocycles. The average molecular weight is 288 g/mol. The lowest BCUT2D eigenvalue weighted by molar-refractivity contribution is -0.0459. The lowest BCUT2D eigenvalue weighted by atomic mass is 9.78. The van der Waals surface area contributed by atoms with Crippen molar-refractivity contribution >= 4 is 0 Å². The first-order valence-electron chi connectivity index (χ1n) is 8.35. The maximum atomic E-state index is 5.72. The van der Waals surface area contributed by atoms with Gasteiger partial charge in [-0.2, -0.15) is 0 Å². The molecule has 0 spiro atoms. The van der Waals surface area contributed by atoms with Crippen molar-refractivity contribution in [3.05, 3.63) is 35.9 Å². The Labute approximate surface area is 128 Å². The summed E-state index contributed by atoms with van der Waals surface area (Å²) in [5.41, 5.74) is 1.51. The third kappa shape index (κ3) is 3.47. The fourth-order valence-corrected chi connectivity index (χ4v) is 4.06. The molecule has 1 N–H and O–H groups in total. The quantitative estimate of drug-likeness (QED) is 0.925. The van der Waals surface area contributed by atoms with Crippen LogP contribution in [0.5, 0.6) is 0 Å². The minimum Gasteiger partial charge on any atom is -0.376 e. The van der Waals surface area contributed by atoms with Crippen molar-refractivity contribution in [2.24, 2.45) is 0 Å². The van der Waals surface area contributed by atoms with E-state index in [0.717, 1.165) is 19.7 Å². The van der Waals surface area contributed by atoms with Crippen molar-refractivity contribution in [2.45, 2.75) is 50.3 Å². The first kappa shape index (κ1) is 15.0. The van der Waals surface area contributed by atoms with Gasteiger partial charge < -0.3 is 10.1 Å². The summed E-state index contributed by atoms with van der Waals surface area (Å²) in [5.74, 6) is 0.707. The molecule has 0 radical (unpaired) electrons. The smallest absolute Gasteiger partial charge is 0.0674 e. The van der Waals surface area contributed by atoms with Crippen molar-refractivity contribution in [3.8, 4) is 0 Å². The number of rotatable bonds is 3. The summed E-state index contributed by atoms with van der Waals surface area (Å²) < 4.78 is 5.72. The van der Waals surface area contributed by atoms with E-state index in [1.165, 1.54) is 24.8 Å². The second-order valence-corrected chi connectivity index (χ2v) is 6.56. The fourth-order valence-electron chi connectivity index (χ4n) is 4.06. The molecule has 0 amide bonds. The summed E-state index contributed by atoms with van der Waals surface area (Å²) >= 11 is 0. The van der Waals surface area contributed by atoms with Crippen molar-refractivity contribution in [1.82, 2.24) is 10.2 Å². The van der Waals surface area contributed by atoms with Crippen LogP contribution in [0.2, 0.25) is 0 Å². The van der Waals surface area contributed by atoms with Crippen LogP contribution in [0.25, 0.3) is 0 Å². The van der Waals surface area contributed by atoms with Crippen molar-refractivity contribution < 1.29 is 4.74 Å². The zero-order valence-electron chi connectivity index (χ0n) is 13.3. The minimum atomic E-state index is 0.369. The molecule has 2 fully saturated rings. The average Bonchev–Trinajstić information content (AvgIpc) is 2.55. The van der Waals surface area contributed by atoms with E-state index >= 15 is 0 Å².